The molecule has 1 rings (SSSR count). The van der Waals surface area contributed by atoms with Crippen LogP contribution >= 0.6 is 0 Å². The lowest BCUT2D eigenvalue weighted by molar-refractivity contribution is -0.137. The number of anilines is 2. The Morgan fingerprint density at radius 2 is 2.11 bits per heavy atom. The normalized spacial score (nSPS) is 11.1. The molecule has 0 spiro atoms. The summed E-state index contributed by atoms with van der Waals surface area (Å²) in [5.74, 6) is -0.457. The second-order valence-electron chi connectivity index (χ2n) is 3.51. The number of carbonyl (C=O) groups excluding carboxylic acids is 1. The van der Waals surface area contributed by atoms with Crippen molar-refractivity contribution >= 4 is 17.5 Å². The van der Waals surface area contributed by atoms with Gasteiger partial charge in [0.2, 0.25) is 5.91 Å². The summed E-state index contributed by atoms with van der Waals surface area (Å²) in [7, 11) is 1.48. The lowest BCUT2D eigenvalue weighted by Crippen LogP contribution is -2.21. The summed E-state index contributed by atoms with van der Waals surface area (Å²) in [5.41, 5.74) is 4.41. The third-order valence-electron chi connectivity index (χ3n) is 2.11. The van der Waals surface area contributed by atoms with Gasteiger partial charge in [0.15, 0.2) is 0 Å². The van der Waals surface area contributed by atoms with Crippen LogP contribution in [-0.2, 0) is 11.0 Å². The van der Waals surface area contributed by atoms with Crippen LogP contribution in [0.4, 0.5) is 24.8 Å². The Morgan fingerprint density at radius 1 is 1.44 bits per heavy atom. The van der Waals surface area contributed by atoms with Gasteiger partial charge in [0.05, 0.1) is 5.56 Å². The number of nitrogens with one attached hydrogen (secondary N) is 2. The first-order valence-corrected chi connectivity index (χ1v) is 5.12. The van der Waals surface area contributed by atoms with Crippen molar-refractivity contribution in [1.29, 1.82) is 0 Å². The van der Waals surface area contributed by atoms with Gasteiger partial charge < -0.3 is 16.4 Å². The number of nitrogens with zero attached hydrogens (tertiary/aromatic N) is 1. The van der Waals surface area contributed by atoms with E-state index in [1.54, 1.807) is 0 Å². The lowest BCUT2D eigenvalue weighted by atomic mass is 10.2. The fourth-order valence-corrected chi connectivity index (χ4v) is 1.24. The van der Waals surface area contributed by atoms with Crippen molar-refractivity contribution < 1.29 is 18.0 Å². The number of hydrogen-bond donors (Lipinski definition) is 3. The van der Waals surface area contributed by atoms with Crippen LogP contribution in [0.3, 0.4) is 0 Å². The van der Waals surface area contributed by atoms with Gasteiger partial charge in [-0.15, -0.1) is 0 Å². The van der Waals surface area contributed by atoms with Gasteiger partial charge in [0.25, 0.3) is 0 Å². The molecular weight excluding hydrogens is 249 g/mol. The molecule has 1 aromatic rings. The van der Waals surface area contributed by atoms with E-state index in [-0.39, 0.29) is 30.5 Å². The molecule has 0 radical (unpaired) electrons. The van der Waals surface area contributed by atoms with Gasteiger partial charge in [-0.05, 0) is 12.1 Å². The summed E-state index contributed by atoms with van der Waals surface area (Å²) in [4.78, 5) is 14.6. The monoisotopic (exact) mass is 262 g/mol. The zero-order valence-corrected chi connectivity index (χ0v) is 9.64. The number of carbonyl (C=O) groups is 1. The topological polar surface area (TPSA) is 80.0 Å². The Bertz CT molecular complexity index is 434. The average molecular weight is 262 g/mol. The van der Waals surface area contributed by atoms with E-state index < -0.39 is 11.7 Å². The molecule has 18 heavy (non-hydrogen) atoms. The molecule has 8 heteroatoms. The summed E-state index contributed by atoms with van der Waals surface area (Å²) >= 11 is 0. The van der Waals surface area contributed by atoms with Gasteiger partial charge >= 0.3 is 6.18 Å². The van der Waals surface area contributed by atoms with Crippen LogP contribution in [0.25, 0.3) is 0 Å². The van der Waals surface area contributed by atoms with E-state index in [9.17, 15) is 18.0 Å². The van der Waals surface area contributed by atoms with E-state index in [1.807, 2.05) is 0 Å². The minimum Gasteiger partial charge on any atom is -0.384 e. The van der Waals surface area contributed by atoms with Crippen LogP contribution in [0.15, 0.2) is 12.1 Å². The largest absolute Gasteiger partial charge is 0.416 e. The molecule has 0 aliphatic rings. The first kappa shape index (κ1) is 14.1. The first-order valence-electron chi connectivity index (χ1n) is 5.12. The van der Waals surface area contributed by atoms with Crippen molar-refractivity contribution in [3.8, 4) is 0 Å². The lowest BCUT2D eigenvalue weighted by Gasteiger charge is -2.10. The Labute approximate surface area is 102 Å². The molecule has 1 amide bonds. The fourth-order valence-electron chi connectivity index (χ4n) is 1.24. The molecule has 1 aromatic heterocycles. The molecule has 0 atom stereocenters. The van der Waals surface area contributed by atoms with Crippen LogP contribution in [0.1, 0.15) is 12.0 Å². The molecule has 0 aliphatic heterocycles. The van der Waals surface area contributed by atoms with E-state index in [1.165, 1.54) is 7.05 Å². The molecule has 5 nitrogen and oxygen atoms in total. The highest BCUT2D eigenvalue weighted by Gasteiger charge is 2.31. The highest BCUT2D eigenvalue weighted by molar-refractivity contribution is 5.76. The van der Waals surface area contributed by atoms with Gasteiger partial charge in [-0.2, -0.15) is 13.2 Å². The summed E-state index contributed by atoms with van der Waals surface area (Å²) < 4.78 is 37.4. The maximum absolute atomic E-state index is 12.5. The number of pyridine rings is 1. The van der Waals surface area contributed by atoms with Gasteiger partial charge in [0, 0.05) is 20.0 Å². The van der Waals surface area contributed by atoms with Crippen molar-refractivity contribution in [2.45, 2.75) is 12.6 Å². The number of alkyl halides is 3. The number of aromatic nitrogens is 1. The molecule has 4 N–H and O–H groups in total. The molecule has 0 bridgehead atoms. The van der Waals surface area contributed by atoms with E-state index >= 15 is 0 Å². The minimum absolute atomic E-state index is 0.00812. The molecule has 0 aliphatic carbocycles. The zero-order valence-electron chi connectivity index (χ0n) is 9.64. The molecule has 100 valence electrons. The van der Waals surface area contributed by atoms with Crippen molar-refractivity contribution in [3.63, 3.8) is 0 Å². The average Bonchev–Trinajstić information content (AvgIpc) is 2.27. The van der Waals surface area contributed by atoms with E-state index in [2.05, 4.69) is 15.6 Å². The highest BCUT2D eigenvalue weighted by atomic mass is 19.4. The summed E-state index contributed by atoms with van der Waals surface area (Å²) in [5, 5.41) is 5.01. The SMILES string of the molecule is CNC(=O)CCNc1cc(C(F)(F)F)cc(N)n1. The predicted octanol–water partition coefficient (Wildman–Crippen LogP) is 1.23. The van der Waals surface area contributed by atoms with Crippen LogP contribution in [-0.4, -0.2) is 24.5 Å². The second-order valence-corrected chi connectivity index (χ2v) is 3.51. The molecule has 0 saturated carbocycles. The van der Waals surface area contributed by atoms with Crippen molar-refractivity contribution in [2.24, 2.45) is 0 Å². The Kier molecular flexibility index (Phi) is 4.35. The Balaban J connectivity index is 2.72. The van der Waals surface area contributed by atoms with E-state index in [0.29, 0.717) is 0 Å². The summed E-state index contributed by atoms with van der Waals surface area (Å²) in [6.07, 6.45) is -4.34. The number of nitrogen functional groups attached to an aromatic ring is 1. The van der Waals surface area contributed by atoms with Crippen molar-refractivity contribution in [2.75, 3.05) is 24.6 Å². The second kappa shape index (κ2) is 5.56. The fraction of sp³-hybridized carbons (Fsp3) is 0.400. The Morgan fingerprint density at radius 3 is 2.67 bits per heavy atom. The minimum atomic E-state index is -4.48. The molecule has 0 fully saturated rings. The molecule has 1 heterocycles. The zero-order chi connectivity index (χ0) is 13.8. The number of amides is 1. The molecule has 0 saturated heterocycles. The highest BCUT2D eigenvalue weighted by Crippen LogP contribution is 2.31. The smallest absolute Gasteiger partial charge is 0.384 e. The molecular formula is C10H13F3N4O. The third kappa shape index (κ3) is 4.11. The Hall–Kier alpha value is -1.99. The number of halogens is 3. The van der Waals surface area contributed by atoms with Crippen molar-refractivity contribution in [3.05, 3.63) is 17.7 Å². The number of nitrogens with two attached hydrogens (primary N) is 1. The molecule has 0 aromatic carbocycles. The quantitative estimate of drug-likeness (QED) is 0.762. The van der Waals surface area contributed by atoms with Crippen LogP contribution in [0.2, 0.25) is 0 Å². The summed E-state index contributed by atoms with van der Waals surface area (Å²) in [6, 6.07) is 1.60. The van der Waals surface area contributed by atoms with Crippen LogP contribution in [0.5, 0.6) is 0 Å². The standard InChI is InChI=1S/C10H13F3N4O/c1-15-9(18)2-3-16-8-5-6(10(11,12)13)4-7(14)17-8/h4-5H,2-3H2,1H3,(H,15,18)(H3,14,16,17). The molecule has 0 unspecified atom stereocenters. The predicted molar refractivity (Wildman–Crippen MR) is 60.8 cm³/mol. The van der Waals surface area contributed by atoms with Gasteiger partial charge in [-0.3, -0.25) is 4.79 Å². The maximum atomic E-state index is 12.5. The van der Waals surface area contributed by atoms with Crippen LogP contribution < -0.4 is 16.4 Å². The number of rotatable bonds is 4. The van der Waals surface area contributed by atoms with Gasteiger partial charge in [0.1, 0.15) is 11.6 Å². The van der Waals surface area contributed by atoms with Crippen molar-refractivity contribution in [1.82, 2.24) is 10.3 Å². The van der Waals surface area contributed by atoms with E-state index in [4.69, 9.17) is 5.73 Å². The van der Waals surface area contributed by atoms with E-state index in [0.717, 1.165) is 12.1 Å². The van der Waals surface area contributed by atoms with Gasteiger partial charge in [-0.25, -0.2) is 4.98 Å². The maximum Gasteiger partial charge on any atom is 0.416 e. The van der Waals surface area contributed by atoms with Gasteiger partial charge in [-0.1, -0.05) is 0 Å². The third-order valence-corrected chi connectivity index (χ3v) is 2.11. The summed E-state index contributed by atoms with van der Waals surface area (Å²) in [6.45, 7) is 0.174. The van der Waals surface area contributed by atoms with Crippen LogP contribution in [0, 0.1) is 0 Å². The number of hydrogen-bond acceptors (Lipinski definition) is 4. The first-order chi connectivity index (χ1) is 8.32.